The number of aromatic nitrogens is 1. The second-order valence-corrected chi connectivity index (χ2v) is 8.03. The summed E-state index contributed by atoms with van der Waals surface area (Å²) in [6.07, 6.45) is 1.12. The lowest BCUT2D eigenvalue weighted by molar-refractivity contribution is -0.380. The van der Waals surface area contributed by atoms with E-state index in [0.29, 0.717) is 16.9 Å². The summed E-state index contributed by atoms with van der Waals surface area (Å²) in [5.41, 5.74) is 1.56. The van der Waals surface area contributed by atoms with Crippen molar-refractivity contribution < 1.29 is 13.3 Å². The number of nitro groups is 1. The highest BCUT2D eigenvalue weighted by Crippen LogP contribution is 2.30. The van der Waals surface area contributed by atoms with Gasteiger partial charge in [0.15, 0.2) is 0 Å². The maximum absolute atomic E-state index is 12.4. The predicted octanol–water partition coefficient (Wildman–Crippen LogP) is 4.58. The van der Waals surface area contributed by atoms with Crippen LogP contribution in [-0.4, -0.2) is 18.3 Å². The molecule has 1 heterocycles. The van der Waals surface area contributed by atoms with Crippen LogP contribution in [0.3, 0.4) is 0 Å². The normalized spacial score (nSPS) is 11.6. The molecular formula is C16H13N5O4S2. The number of anilines is 1. The van der Waals surface area contributed by atoms with Gasteiger partial charge in [0.25, 0.3) is 10.0 Å². The minimum absolute atomic E-state index is 0.119. The molecular weight excluding hydrogens is 390 g/mol. The summed E-state index contributed by atoms with van der Waals surface area (Å²) >= 11 is 0.812. The molecule has 0 aliphatic heterocycles. The van der Waals surface area contributed by atoms with E-state index in [2.05, 4.69) is 19.9 Å². The van der Waals surface area contributed by atoms with Gasteiger partial charge in [-0.15, -0.1) is 10.2 Å². The van der Waals surface area contributed by atoms with Gasteiger partial charge in [-0.1, -0.05) is 18.2 Å². The third kappa shape index (κ3) is 4.51. The highest BCUT2D eigenvalue weighted by atomic mass is 32.2. The van der Waals surface area contributed by atoms with Crippen LogP contribution in [-0.2, 0) is 10.0 Å². The highest BCUT2D eigenvalue weighted by molar-refractivity contribution is 7.92. The minimum atomic E-state index is -3.68. The molecule has 27 heavy (non-hydrogen) atoms. The Bertz CT molecular complexity index is 1110. The first-order chi connectivity index (χ1) is 12.8. The van der Waals surface area contributed by atoms with Crippen LogP contribution in [0.25, 0.3) is 0 Å². The summed E-state index contributed by atoms with van der Waals surface area (Å²) in [4.78, 5) is 14.1. The number of nitrogens with one attached hydrogen (secondary N) is 1. The van der Waals surface area contributed by atoms with Gasteiger partial charge in [-0.25, -0.2) is 13.4 Å². The third-order valence-corrected chi connectivity index (χ3v) is 5.64. The van der Waals surface area contributed by atoms with Crippen LogP contribution < -0.4 is 4.72 Å². The molecule has 9 nitrogen and oxygen atoms in total. The summed E-state index contributed by atoms with van der Waals surface area (Å²) in [6, 6.07) is 12.8. The van der Waals surface area contributed by atoms with Crippen molar-refractivity contribution in [2.24, 2.45) is 10.2 Å². The van der Waals surface area contributed by atoms with Crippen LogP contribution in [0.4, 0.5) is 21.5 Å². The van der Waals surface area contributed by atoms with Crippen molar-refractivity contribution in [1.82, 2.24) is 4.98 Å². The van der Waals surface area contributed by atoms with E-state index in [1.165, 1.54) is 12.1 Å². The summed E-state index contributed by atoms with van der Waals surface area (Å²) in [5.74, 6) is 0. The quantitative estimate of drug-likeness (QED) is 0.366. The number of nitrogens with zero attached hydrogens (tertiary/aromatic N) is 4. The van der Waals surface area contributed by atoms with E-state index in [1.807, 2.05) is 0 Å². The molecule has 1 N–H and O–H groups in total. The Morgan fingerprint density at radius 1 is 1.15 bits per heavy atom. The molecule has 11 heteroatoms. The van der Waals surface area contributed by atoms with Gasteiger partial charge in [-0.3, -0.25) is 14.8 Å². The van der Waals surface area contributed by atoms with Crippen LogP contribution in [0.1, 0.15) is 5.56 Å². The molecule has 0 spiro atoms. The van der Waals surface area contributed by atoms with Crippen molar-refractivity contribution in [1.29, 1.82) is 0 Å². The first kappa shape index (κ1) is 18.6. The van der Waals surface area contributed by atoms with E-state index in [1.54, 1.807) is 43.3 Å². The lowest BCUT2D eigenvalue weighted by Crippen LogP contribution is -2.12. The maximum atomic E-state index is 12.4. The Labute approximate surface area is 158 Å². The lowest BCUT2D eigenvalue weighted by Gasteiger charge is -2.09. The summed E-state index contributed by atoms with van der Waals surface area (Å²) < 4.78 is 27.2. The van der Waals surface area contributed by atoms with Crippen LogP contribution >= 0.6 is 11.3 Å². The minimum Gasteiger partial charge on any atom is -0.280 e. The standard InChI is InChI=1S/C16H13N5O4S2/c1-11-9-12(20-27(24,25)13-5-3-2-4-6-13)7-8-14(11)18-19-16-17-10-15(26-16)21(22)23/h2-10,20H,1H3. The Morgan fingerprint density at radius 2 is 1.89 bits per heavy atom. The number of aryl methyl sites for hydroxylation is 1. The number of thiazole rings is 1. The fraction of sp³-hybridized carbons (Fsp3) is 0.0625. The third-order valence-electron chi connectivity index (χ3n) is 3.41. The number of benzene rings is 2. The van der Waals surface area contributed by atoms with Gasteiger partial charge in [0.2, 0.25) is 5.13 Å². The van der Waals surface area contributed by atoms with E-state index in [-0.39, 0.29) is 15.0 Å². The zero-order valence-corrected chi connectivity index (χ0v) is 15.6. The molecule has 1 aromatic heterocycles. The smallest absolute Gasteiger partial charge is 0.280 e. The van der Waals surface area contributed by atoms with Gasteiger partial charge in [0.1, 0.15) is 6.20 Å². The highest BCUT2D eigenvalue weighted by Gasteiger charge is 2.14. The first-order valence-corrected chi connectivity index (χ1v) is 9.85. The van der Waals surface area contributed by atoms with Gasteiger partial charge in [0.05, 0.1) is 15.5 Å². The number of hydrogen-bond acceptors (Lipinski definition) is 8. The Hall–Kier alpha value is -3.18. The molecule has 3 aromatic rings. The molecule has 0 bridgehead atoms. The first-order valence-electron chi connectivity index (χ1n) is 7.55. The van der Waals surface area contributed by atoms with Crippen LogP contribution in [0.15, 0.2) is 69.9 Å². The summed E-state index contributed by atoms with van der Waals surface area (Å²) in [7, 11) is -3.68. The molecule has 0 fully saturated rings. The van der Waals surface area contributed by atoms with Crippen molar-refractivity contribution >= 4 is 42.9 Å². The van der Waals surface area contributed by atoms with E-state index in [4.69, 9.17) is 0 Å². The largest absolute Gasteiger partial charge is 0.345 e. The lowest BCUT2D eigenvalue weighted by atomic mass is 10.2. The van der Waals surface area contributed by atoms with Gasteiger partial charge in [-0.2, -0.15) is 0 Å². The van der Waals surface area contributed by atoms with Gasteiger partial charge in [0, 0.05) is 5.69 Å². The Morgan fingerprint density at radius 3 is 2.52 bits per heavy atom. The number of azo groups is 1. The average Bonchev–Trinajstić information content (AvgIpc) is 3.11. The predicted molar refractivity (Wildman–Crippen MR) is 101 cm³/mol. The molecule has 2 aromatic carbocycles. The molecule has 0 unspecified atom stereocenters. The topological polar surface area (TPSA) is 127 Å². The molecule has 3 rings (SSSR count). The average molecular weight is 403 g/mol. The molecule has 0 saturated carbocycles. The van der Waals surface area contributed by atoms with Crippen molar-refractivity contribution in [2.45, 2.75) is 11.8 Å². The van der Waals surface area contributed by atoms with Gasteiger partial charge in [-0.05, 0) is 54.2 Å². The molecule has 138 valence electrons. The van der Waals surface area contributed by atoms with Crippen LogP contribution in [0.5, 0.6) is 0 Å². The summed E-state index contributed by atoms with van der Waals surface area (Å²) in [6.45, 7) is 1.75. The number of rotatable bonds is 6. The zero-order valence-electron chi connectivity index (χ0n) is 13.9. The van der Waals surface area contributed by atoms with Crippen molar-refractivity contribution in [3.63, 3.8) is 0 Å². The van der Waals surface area contributed by atoms with Crippen molar-refractivity contribution in [3.8, 4) is 0 Å². The molecule has 0 saturated heterocycles. The molecule has 0 amide bonds. The fourth-order valence-electron chi connectivity index (χ4n) is 2.13. The van der Waals surface area contributed by atoms with Crippen LogP contribution in [0, 0.1) is 17.0 Å². The second-order valence-electron chi connectivity index (χ2n) is 5.36. The Balaban J connectivity index is 1.77. The van der Waals surface area contributed by atoms with Gasteiger partial charge >= 0.3 is 5.00 Å². The Kier molecular flexibility index (Phi) is 5.23. The van der Waals surface area contributed by atoms with Crippen molar-refractivity contribution in [3.05, 3.63) is 70.4 Å². The maximum Gasteiger partial charge on any atom is 0.345 e. The van der Waals surface area contributed by atoms with E-state index in [0.717, 1.165) is 17.5 Å². The van der Waals surface area contributed by atoms with Crippen molar-refractivity contribution in [2.75, 3.05) is 4.72 Å². The molecule has 0 atom stereocenters. The summed E-state index contributed by atoms with van der Waals surface area (Å²) in [5, 5.41) is 18.6. The zero-order chi connectivity index (χ0) is 19.4. The van der Waals surface area contributed by atoms with E-state index >= 15 is 0 Å². The van der Waals surface area contributed by atoms with Gasteiger partial charge < -0.3 is 0 Å². The SMILES string of the molecule is Cc1cc(NS(=O)(=O)c2ccccc2)ccc1N=Nc1ncc([N+](=O)[O-])s1. The monoisotopic (exact) mass is 403 g/mol. The van der Waals surface area contributed by atoms with E-state index < -0.39 is 14.9 Å². The molecule has 0 aliphatic rings. The molecule has 0 radical (unpaired) electrons. The number of sulfonamides is 1. The second kappa shape index (κ2) is 7.60. The fourth-order valence-corrected chi connectivity index (χ4v) is 3.75. The molecule has 0 aliphatic carbocycles. The number of hydrogen-bond donors (Lipinski definition) is 1. The van der Waals surface area contributed by atoms with Crippen LogP contribution in [0.2, 0.25) is 0 Å². The van der Waals surface area contributed by atoms with E-state index in [9.17, 15) is 18.5 Å².